The van der Waals surface area contributed by atoms with Crippen molar-refractivity contribution in [3.05, 3.63) is 0 Å². The number of nitrogens with one attached hydrogen (secondary N) is 1. The van der Waals surface area contributed by atoms with Gasteiger partial charge in [-0.25, -0.2) is 0 Å². The molecule has 2 heterocycles. The standard InChI is InChI=1S/C8H13NOS/c1-8(2)5-3-4-11-6(5)9-7(8)10/h5-6H,3-4H2,1-2H3,(H,9,10). The minimum absolute atomic E-state index is 0.117. The molecule has 2 rings (SSSR count). The van der Waals surface area contributed by atoms with E-state index in [1.165, 1.54) is 12.2 Å². The molecule has 1 amide bonds. The van der Waals surface area contributed by atoms with E-state index in [1.54, 1.807) is 0 Å². The number of carbonyl (C=O) groups is 1. The molecule has 0 spiro atoms. The van der Waals surface area contributed by atoms with Gasteiger partial charge in [-0.05, 0) is 12.2 Å². The van der Waals surface area contributed by atoms with Crippen LogP contribution in [-0.2, 0) is 4.79 Å². The van der Waals surface area contributed by atoms with Crippen LogP contribution in [0.25, 0.3) is 0 Å². The summed E-state index contributed by atoms with van der Waals surface area (Å²) in [6, 6.07) is 0. The van der Waals surface area contributed by atoms with Gasteiger partial charge in [0.25, 0.3) is 0 Å². The molecule has 2 atom stereocenters. The lowest BCUT2D eigenvalue weighted by molar-refractivity contribution is -0.127. The molecular weight excluding hydrogens is 158 g/mol. The highest BCUT2D eigenvalue weighted by molar-refractivity contribution is 8.00. The molecule has 0 aromatic carbocycles. The average molecular weight is 171 g/mol. The Kier molecular flexibility index (Phi) is 1.46. The fraction of sp³-hybridized carbons (Fsp3) is 0.875. The molecule has 11 heavy (non-hydrogen) atoms. The van der Waals surface area contributed by atoms with Crippen molar-refractivity contribution in [2.24, 2.45) is 11.3 Å². The maximum atomic E-state index is 11.4. The zero-order chi connectivity index (χ0) is 8.06. The smallest absolute Gasteiger partial charge is 0.226 e. The maximum Gasteiger partial charge on any atom is 0.226 e. The molecular formula is C8H13NOS. The molecule has 2 unspecified atom stereocenters. The van der Waals surface area contributed by atoms with Gasteiger partial charge >= 0.3 is 0 Å². The predicted molar refractivity (Wildman–Crippen MR) is 46.3 cm³/mol. The van der Waals surface area contributed by atoms with Gasteiger partial charge in [-0.3, -0.25) is 4.79 Å². The first-order valence-corrected chi connectivity index (χ1v) is 5.10. The van der Waals surface area contributed by atoms with E-state index in [0.717, 1.165) is 0 Å². The Bertz CT molecular complexity index is 202. The lowest BCUT2D eigenvalue weighted by Crippen LogP contribution is -2.28. The molecule has 0 aromatic rings. The topological polar surface area (TPSA) is 29.1 Å². The van der Waals surface area contributed by atoms with Crippen molar-refractivity contribution in [2.45, 2.75) is 25.6 Å². The number of hydrogen-bond acceptors (Lipinski definition) is 2. The number of carbonyl (C=O) groups excluding carboxylic acids is 1. The zero-order valence-corrected chi connectivity index (χ0v) is 7.70. The van der Waals surface area contributed by atoms with Gasteiger partial charge < -0.3 is 5.32 Å². The first-order chi connectivity index (χ1) is 5.12. The molecule has 0 bridgehead atoms. The van der Waals surface area contributed by atoms with Gasteiger partial charge in [-0.1, -0.05) is 13.8 Å². The van der Waals surface area contributed by atoms with Crippen LogP contribution in [-0.4, -0.2) is 17.0 Å². The third-order valence-corrected chi connectivity index (χ3v) is 4.15. The number of amides is 1. The SMILES string of the molecule is CC1(C)C(=O)NC2SCCC21. The number of thioether (sulfide) groups is 1. The number of rotatable bonds is 0. The number of hydrogen-bond donors (Lipinski definition) is 1. The summed E-state index contributed by atoms with van der Waals surface area (Å²) in [5.74, 6) is 2.01. The third kappa shape index (κ3) is 0.901. The lowest BCUT2D eigenvalue weighted by Gasteiger charge is -2.20. The third-order valence-electron chi connectivity index (χ3n) is 2.88. The Balaban J connectivity index is 2.27. The predicted octanol–water partition coefficient (Wildman–Crippen LogP) is 1.22. The van der Waals surface area contributed by atoms with Gasteiger partial charge in [0, 0.05) is 11.3 Å². The first kappa shape index (κ1) is 7.47. The van der Waals surface area contributed by atoms with Crippen LogP contribution in [0.1, 0.15) is 20.3 Å². The van der Waals surface area contributed by atoms with Gasteiger partial charge in [0.05, 0.1) is 5.37 Å². The van der Waals surface area contributed by atoms with Crippen molar-refractivity contribution in [3.63, 3.8) is 0 Å². The van der Waals surface area contributed by atoms with Crippen molar-refractivity contribution in [1.29, 1.82) is 0 Å². The van der Waals surface area contributed by atoms with Crippen molar-refractivity contribution in [1.82, 2.24) is 5.32 Å². The van der Waals surface area contributed by atoms with Gasteiger partial charge in [0.1, 0.15) is 0 Å². The van der Waals surface area contributed by atoms with E-state index in [2.05, 4.69) is 19.2 Å². The maximum absolute atomic E-state index is 11.4. The van der Waals surface area contributed by atoms with Gasteiger partial charge in [0.15, 0.2) is 0 Å². The zero-order valence-electron chi connectivity index (χ0n) is 6.89. The molecule has 2 aliphatic heterocycles. The monoisotopic (exact) mass is 171 g/mol. The summed E-state index contributed by atoms with van der Waals surface area (Å²) in [5, 5.41) is 3.44. The van der Waals surface area contributed by atoms with E-state index < -0.39 is 0 Å². The Morgan fingerprint density at radius 3 is 3.00 bits per heavy atom. The normalized spacial score (nSPS) is 40.4. The van der Waals surface area contributed by atoms with E-state index in [-0.39, 0.29) is 11.3 Å². The van der Waals surface area contributed by atoms with Gasteiger partial charge in [-0.15, -0.1) is 11.8 Å². The Hall–Kier alpha value is -0.180. The number of fused-ring (bicyclic) bond motifs is 1. The van der Waals surface area contributed by atoms with Crippen LogP contribution in [0.3, 0.4) is 0 Å². The summed E-state index contributed by atoms with van der Waals surface area (Å²) in [6.07, 6.45) is 1.20. The van der Waals surface area contributed by atoms with Gasteiger partial charge in [-0.2, -0.15) is 0 Å². The van der Waals surface area contributed by atoms with Crippen LogP contribution < -0.4 is 5.32 Å². The molecule has 62 valence electrons. The second-order valence-electron chi connectivity index (χ2n) is 3.88. The van der Waals surface area contributed by atoms with E-state index in [9.17, 15) is 4.79 Å². The molecule has 1 N–H and O–H groups in total. The molecule has 2 saturated heterocycles. The second-order valence-corrected chi connectivity index (χ2v) is 5.13. The van der Waals surface area contributed by atoms with Crippen molar-refractivity contribution >= 4 is 17.7 Å². The highest BCUT2D eigenvalue weighted by atomic mass is 32.2. The summed E-state index contributed by atoms with van der Waals surface area (Å²) in [7, 11) is 0. The highest BCUT2D eigenvalue weighted by Crippen LogP contribution is 2.46. The summed E-state index contributed by atoms with van der Waals surface area (Å²) in [6.45, 7) is 4.11. The minimum Gasteiger partial charge on any atom is -0.344 e. The fourth-order valence-corrected chi connectivity index (χ4v) is 3.50. The van der Waals surface area contributed by atoms with Crippen LogP contribution in [0.4, 0.5) is 0 Å². The second kappa shape index (κ2) is 2.16. The van der Waals surface area contributed by atoms with E-state index in [4.69, 9.17) is 0 Å². The minimum atomic E-state index is -0.117. The van der Waals surface area contributed by atoms with Crippen molar-refractivity contribution in [3.8, 4) is 0 Å². The van der Waals surface area contributed by atoms with Crippen LogP contribution in [0.15, 0.2) is 0 Å². The Morgan fingerprint density at radius 2 is 2.36 bits per heavy atom. The summed E-state index contributed by atoms with van der Waals surface area (Å²) >= 11 is 1.89. The van der Waals surface area contributed by atoms with E-state index in [1.807, 2.05) is 11.8 Å². The molecule has 0 radical (unpaired) electrons. The molecule has 3 heteroatoms. The summed E-state index contributed by atoms with van der Waals surface area (Å²) < 4.78 is 0. The van der Waals surface area contributed by atoms with Gasteiger partial charge in [0.2, 0.25) is 5.91 Å². The van der Waals surface area contributed by atoms with Crippen LogP contribution in [0.5, 0.6) is 0 Å². The quantitative estimate of drug-likeness (QED) is 0.594. The lowest BCUT2D eigenvalue weighted by atomic mass is 9.80. The Morgan fingerprint density at radius 1 is 1.64 bits per heavy atom. The average Bonchev–Trinajstić information content (AvgIpc) is 2.41. The molecule has 0 saturated carbocycles. The molecule has 2 aliphatic rings. The molecule has 0 aliphatic carbocycles. The highest BCUT2D eigenvalue weighted by Gasteiger charge is 2.50. The fourth-order valence-electron chi connectivity index (χ4n) is 1.95. The molecule has 0 aromatic heterocycles. The molecule has 2 nitrogen and oxygen atoms in total. The van der Waals surface area contributed by atoms with Crippen LogP contribution in [0, 0.1) is 11.3 Å². The van der Waals surface area contributed by atoms with Crippen molar-refractivity contribution < 1.29 is 4.79 Å². The van der Waals surface area contributed by atoms with Crippen molar-refractivity contribution in [2.75, 3.05) is 5.75 Å². The van der Waals surface area contributed by atoms with E-state index >= 15 is 0 Å². The van der Waals surface area contributed by atoms with E-state index in [0.29, 0.717) is 11.3 Å². The van der Waals surface area contributed by atoms with Crippen LogP contribution in [0.2, 0.25) is 0 Å². The first-order valence-electron chi connectivity index (χ1n) is 4.05. The largest absolute Gasteiger partial charge is 0.344 e. The summed E-state index contributed by atoms with van der Waals surface area (Å²) in [4.78, 5) is 11.4. The summed E-state index contributed by atoms with van der Waals surface area (Å²) in [5.41, 5.74) is -0.117. The van der Waals surface area contributed by atoms with Crippen LogP contribution >= 0.6 is 11.8 Å². The Labute approximate surface area is 71.1 Å². The molecule has 2 fully saturated rings.